The van der Waals surface area contributed by atoms with Crippen molar-refractivity contribution in [1.29, 1.82) is 0 Å². The average molecular weight is 297 g/mol. The lowest BCUT2D eigenvalue weighted by Crippen LogP contribution is -2.24. The van der Waals surface area contributed by atoms with Gasteiger partial charge in [-0.1, -0.05) is 44.2 Å². The molecule has 3 N–H and O–H groups in total. The normalized spacial score (nSPS) is 14.9. The molecule has 1 aromatic rings. The van der Waals surface area contributed by atoms with E-state index in [1.165, 1.54) is 11.1 Å². The Morgan fingerprint density at radius 3 is 2.33 bits per heavy atom. The van der Waals surface area contributed by atoms with Crippen LogP contribution in [0.5, 0.6) is 0 Å². The molecule has 21 heavy (non-hydrogen) atoms. The zero-order chi connectivity index (χ0) is 16.1. The maximum atomic E-state index is 12.3. The van der Waals surface area contributed by atoms with Crippen LogP contribution in [0.2, 0.25) is 0 Å². The fraction of sp³-hybridized carbons (Fsp3) is 0.529. The lowest BCUT2D eigenvalue weighted by atomic mass is 9.98. The van der Waals surface area contributed by atoms with Crippen LogP contribution < -0.4 is 5.73 Å². The number of rotatable bonds is 4. The molecule has 1 aliphatic rings. The summed E-state index contributed by atoms with van der Waals surface area (Å²) in [6.45, 7) is 5.02. The van der Waals surface area contributed by atoms with Crippen LogP contribution in [0.15, 0.2) is 30.3 Å². The van der Waals surface area contributed by atoms with Crippen molar-refractivity contribution in [3.05, 3.63) is 41.5 Å². The van der Waals surface area contributed by atoms with E-state index in [2.05, 4.69) is 18.2 Å². The number of alkyl halides is 1. The minimum atomic E-state index is -0.468. The molecule has 0 saturated heterocycles. The quantitative estimate of drug-likeness (QED) is 0.898. The van der Waals surface area contributed by atoms with Gasteiger partial charge in [0.25, 0.3) is 0 Å². The Bertz CT molecular complexity index is 390. The van der Waals surface area contributed by atoms with Crippen molar-refractivity contribution < 1.29 is 14.2 Å². The van der Waals surface area contributed by atoms with Gasteiger partial charge in [0.15, 0.2) is 0 Å². The third-order valence-electron chi connectivity index (χ3n) is 2.98. The maximum Gasteiger partial charge on any atom is 0.105 e. The molecule has 0 bridgehead atoms. The van der Waals surface area contributed by atoms with E-state index in [0.29, 0.717) is 13.0 Å². The van der Waals surface area contributed by atoms with Gasteiger partial charge < -0.3 is 15.6 Å². The highest BCUT2D eigenvalue weighted by atomic mass is 19.1. The standard InChI is InChI=1S/C14H18FNO.C2H6.CH4O/c15-10-14(16)9-11-1-3-12(4-2-11)13-5-7-17-8-6-13;2*1-2/h1-5,14H,6-10,16H2;1-2H3;2H,1H3. The van der Waals surface area contributed by atoms with Crippen LogP contribution in [0.25, 0.3) is 5.57 Å². The first kappa shape index (κ1) is 19.8. The van der Waals surface area contributed by atoms with Crippen molar-refractivity contribution in [3.8, 4) is 0 Å². The SMILES string of the molecule is CC.CO.NC(CF)Cc1ccc(C2=CCOCC2)cc1. The summed E-state index contributed by atoms with van der Waals surface area (Å²) in [6, 6.07) is 7.83. The van der Waals surface area contributed by atoms with E-state index in [1.807, 2.05) is 26.0 Å². The van der Waals surface area contributed by atoms with Crippen LogP contribution >= 0.6 is 0 Å². The number of ether oxygens (including phenoxy) is 1. The first-order chi connectivity index (χ1) is 10.3. The molecule has 1 unspecified atom stereocenters. The first-order valence-corrected chi connectivity index (χ1v) is 7.42. The second-order valence-electron chi connectivity index (χ2n) is 4.37. The summed E-state index contributed by atoms with van der Waals surface area (Å²) in [5.74, 6) is 0. The summed E-state index contributed by atoms with van der Waals surface area (Å²) in [7, 11) is 1.00. The van der Waals surface area contributed by atoms with Crippen molar-refractivity contribution in [2.24, 2.45) is 5.73 Å². The zero-order valence-corrected chi connectivity index (χ0v) is 13.3. The Hall–Kier alpha value is -1.23. The van der Waals surface area contributed by atoms with Crippen molar-refractivity contribution in [1.82, 2.24) is 0 Å². The fourth-order valence-corrected chi connectivity index (χ4v) is 2.00. The molecular formula is C17H28FNO2. The van der Waals surface area contributed by atoms with Crippen LogP contribution in [0.1, 0.15) is 31.4 Å². The number of halogens is 1. The van der Waals surface area contributed by atoms with Gasteiger partial charge in [-0.3, -0.25) is 0 Å². The van der Waals surface area contributed by atoms with Crippen molar-refractivity contribution in [3.63, 3.8) is 0 Å². The van der Waals surface area contributed by atoms with Crippen LogP contribution in [0.3, 0.4) is 0 Å². The molecule has 1 aromatic carbocycles. The first-order valence-electron chi connectivity index (χ1n) is 7.42. The molecule has 0 amide bonds. The number of hydrogen-bond acceptors (Lipinski definition) is 3. The topological polar surface area (TPSA) is 55.5 Å². The Morgan fingerprint density at radius 2 is 1.86 bits per heavy atom. The molecular weight excluding hydrogens is 269 g/mol. The van der Waals surface area contributed by atoms with E-state index < -0.39 is 6.67 Å². The molecule has 0 aromatic heterocycles. The fourth-order valence-electron chi connectivity index (χ4n) is 2.00. The van der Waals surface area contributed by atoms with Gasteiger partial charge in [-0.2, -0.15) is 0 Å². The number of aliphatic hydroxyl groups excluding tert-OH is 1. The molecule has 0 saturated carbocycles. The molecule has 0 fully saturated rings. The molecule has 0 spiro atoms. The van der Waals surface area contributed by atoms with E-state index in [4.69, 9.17) is 15.6 Å². The van der Waals surface area contributed by atoms with E-state index >= 15 is 0 Å². The van der Waals surface area contributed by atoms with Crippen molar-refractivity contribution in [2.45, 2.75) is 32.7 Å². The molecule has 1 aliphatic heterocycles. The van der Waals surface area contributed by atoms with Gasteiger partial charge in [0.2, 0.25) is 0 Å². The van der Waals surface area contributed by atoms with Gasteiger partial charge >= 0.3 is 0 Å². The minimum absolute atomic E-state index is 0.386. The van der Waals surface area contributed by atoms with Gasteiger partial charge in [-0.25, -0.2) is 4.39 Å². The highest BCUT2D eigenvalue weighted by Crippen LogP contribution is 2.21. The highest BCUT2D eigenvalue weighted by Gasteiger charge is 2.07. The summed E-state index contributed by atoms with van der Waals surface area (Å²) < 4.78 is 17.6. The summed E-state index contributed by atoms with van der Waals surface area (Å²) in [5.41, 5.74) is 9.23. The largest absolute Gasteiger partial charge is 0.400 e. The van der Waals surface area contributed by atoms with Gasteiger partial charge in [0.05, 0.1) is 13.2 Å². The Kier molecular flexibility index (Phi) is 11.8. The monoisotopic (exact) mass is 297 g/mol. The van der Waals surface area contributed by atoms with Crippen LogP contribution in [0.4, 0.5) is 4.39 Å². The van der Waals surface area contributed by atoms with Gasteiger partial charge in [0.1, 0.15) is 6.67 Å². The summed E-state index contributed by atoms with van der Waals surface area (Å²) >= 11 is 0. The van der Waals surface area contributed by atoms with Crippen LogP contribution in [-0.2, 0) is 11.2 Å². The van der Waals surface area contributed by atoms with E-state index in [-0.39, 0.29) is 6.04 Å². The minimum Gasteiger partial charge on any atom is -0.400 e. The van der Waals surface area contributed by atoms with Crippen LogP contribution in [-0.4, -0.2) is 38.1 Å². The molecule has 1 heterocycles. The third-order valence-corrected chi connectivity index (χ3v) is 2.98. The number of nitrogens with two attached hydrogens (primary N) is 1. The average Bonchev–Trinajstić information content (AvgIpc) is 2.60. The molecule has 1 atom stereocenters. The summed E-state index contributed by atoms with van der Waals surface area (Å²) in [4.78, 5) is 0. The van der Waals surface area contributed by atoms with Gasteiger partial charge in [-0.15, -0.1) is 0 Å². The third kappa shape index (κ3) is 7.37. The van der Waals surface area contributed by atoms with Gasteiger partial charge in [-0.05, 0) is 29.5 Å². The van der Waals surface area contributed by atoms with Gasteiger partial charge in [0, 0.05) is 13.2 Å². The Labute approximate surface area is 127 Å². The lowest BCUT2D eigenvalue weighted by Gasteiger charge is -2.14. The Balaban J connectivity index is 0.000000921. The molecule has 0 aliphatic carbocycles. The van der Waals surface area contributed by atoms with E-state index in [9.17, 15) is 4.39 Å². The van der Waals surface area contributed by atoms with Crippen molar-refractivity contribution in [2.75, 3.05) is 27.0 Å². The maximum absolute atomic E-state index is 12.3. The Morgan fingerprint density at radius 1 is 1.24 bits per heavy atom. The summed E-state index contributed by atoms with van der Waals surface area (Å²) in [5, 5.41) is 7.00. The molecule has 2 rings (SSSR count). The molecule has 120 valence electrons. The predicted octanol–water partition coefficient (Wildman–Crippen LogP) is 2.96. The predicted molar refractivity (Wildman–Crippen MR) is 87.0 cm³/mol. The second kappa shape index (κ2) is 12.5. The smallest absolute Gasteiger partial charge is 0.105 e. The number of aliphatic hydroxyl groups is 1. The highest BCUT2D eigenvalue weighted by molar-refractivity contribution is 5.66. The van der Waals surface area contributed by atoms with E-state index in [1.54, 1.807) is 0 Å². The van der Waals surface area contributed by atoms with Crippen LogP contribution in [0, 0.1) is 0 Å². The number of hydrogen-bond donors (Lipinski definition) is 2. The summed E-state index contributed by atoms with van der Waals surface area (Å²) in [6.07, 6.45) is 3.67. The number of benzene rings is 1. The zero-order valence-electron chi connectivity index (χ0n) is 13.3. The second-order valence-corrected chi connectivity index (χ2v) is 4.37. The molecule has 0 radical (unpaired) electrons. The molecule has 4 heteroatoms. The van der Waals surface area contributed by atoms with Crippen molar-refractivity contribution >= 4 is 5.57 Å². The molecule has 3 nitrogen and oxygen atoms in total. The lowest BCUT2D eigenvalue weighted by molar-refractivity contribution is 0.161. The van der Waals surface area contributed by atoms with E-state index in [0.717, 1.165) is 25.7 Å².